The van der Waals surface area contributed by atoms with Gasteiger partial charge in [0.15, 0.2) is 5.15 Å². The molecule has 0 saturated heterocycles. The van der Waals surface area contributed by atoms with Crippen molar-refractivity contribution in [1.29, 1.82) is 0 Å². The highest BCUT2D eigenvalue weighted by Gasteiger charge is 1.88. The van der Waals surface area contributed by atoms with Gasteiger partial charge in [-0.2, -0.15) is 10.1 Å². The van der Waals surface area contributed by atoms with E-state index in [0.717, 1.165) is 0 Å². The summed E-state index contributed by atoms with van der Waals surface area (Å²) in [6.07, 6.45) is 1.32. The highest BCUT2D eigenvalue weighted by Crippen LogP contribution is 1.98. The first-order valence-electron chi connectivity index (χ1n) is 1.90. The summed E-state index contributed by atoms with van der Waals surface area (Å²) in [4.78, 5) is 3.54. The van der Waals surface area contributed by atoms with Gasteiger partial charge in [-0.1, -0.05) is 11.6 Å². The molecule has 0 aliphatic heterocycles. The fraction of sp³-hybridized carbons (Fsp3) is 0. The minimum Gasteiger partial charge on any atom is -0.366 e. The van der Waals surface area contributed by atoms with Crippen molar-refractivity contribution < 1.29 is 0 Å². The van der Waals surface area contributed by atoms with E-state index in [4.69, 9.17) is 17.3 Å². The standard InChI is InChI=1S/C3H3ClN4/c4-2-1-6-8-3(5)7-2/h1H,(H2,5,7,8). The average molecular weight is 131 g/mol. The van der Waals surface area contributed by atoms with Crippen LogP contribution in [0.25, 0.3) is 0 Å². The minimum absolute atomic E-state index is 0.0949. The van der Waals surface area contributed by atoms with E-state index in [-0.39, 0.29) is 11.1 Å². The Balaban J connectivity index is 3.08. The van der Waals surface area contributed by atoms with Crippen LogP contribution in [0, 0.1) is 0 Å². The van der Waals surface area contributed by atoms with Gasteiger partial charge in [0.2, 0.25) is 5.95 Å². The third-order valence-corrected chi connectivity index (χ3v) is 0.728. The van der Waals surface area contributed by atoms with Gasteiger partial charge < -0.3 is 5.73 Å². The van der Waals surface area contributed by atoms with E-state index >= 15 is 0 Å². The van der Waals surface area contributed by atoms with Gasteiger partial charge >= 0.3 is 0 Å². The monoisotopic (exact) mass is 130 g/mol. The molecule has 0 aliphatic rings. The number of halogens is 1. The van der Waals surface area contributed by atoms with Crippen molar-refractivity contribution in [2.45, 2.75) is 0 Å². The van der Waals surface area contributed by atoms with Crippen LogP contribution in [-0.4, -0.2) is 15.2 Å². The molecule has 5 heteroatoms. The maximum absolute atomic E-state index is 5.35. The maximum atomic E-state index is 5.35. The van der Waals surface area contributed by atoms with Crippen molar-refractivity contribution in [3.05, 3.63) is 11.3 Å². The lowest BCUT2D eigenvalue weighted by molar-refractivity contribution is 0.986. The Kier molecular flexibility index (Phi) is 1.26. The second-order valence-corrected chi connectivity index (χ2v) is 1.52. The van der Waals surface area contributed by atoms with Crippen molar-refractivity contribution in [1.82, 2.24) is 15.2 Å². The lowest BCUT2D eigenvalue weighted by Crippen LogP contribution is -1.95. The molecule has 2 N–H and O–H groups in total. The molecule has 1 rings (SSSR count). The van der Waals surface area contributed by atoms with Crippen LogP contribution in [0.5, 0.6) is 0 Å². The number of rotatable bonds is 0. The van der Waals surface area contributed by atoms with Gasteiger partial charge in [0, 0.05) is 0 Å². The second kappa shape index (κ2) is 1.92. The third-order valence-electron chi connectivity index (χ3n) is 0.546. The minimum atomic E-state index is 0.0949. The van der Waals surface area contributed by atoms with E-state index in [1.807, 2.05) is 0 Å². The van der Waals surface area contributed by atoms with Crippen LogP contribution in [-0.2, 0) is 0 Å². The Hall–Kier alpha value is -0.900. The summed E-state index contributed by atoms with van der Waals surface area (Å²) in [5.74, 6) is 0.0949. The molecule has 0 amide bonds. The number of nitrogens with zero attached hydrogens (tertiary/aromatic N) is 3. The lowest BCUT2D eigenvalue weighted by atomic mass is 10.9. The summed E-state index contributed by atoms with van der Waals surface area (Å²) in [6, 6.07) is 0. The molecule has 42 valence electrons. The summed E-state index contributed by atoms with van der Waals surface area (Å²) in [6.45, 7) is 0. The SMILES string of the molecule is Nc1nncc(Cl)n1. The summed E-state index contributed by atoms with van der Waals surface area (Å²) < 4.78 is 0. The zero-order valence-corrected chi connectivity index (χ0v) is 4.63. The van der Waals surface area contributed by atoms with E-state index < -0.39 is 0 Å². The largest absolute Gasteiger partial charge is 0.366 e. The molecule has 4 nitrogen and oxygen atoms in total. The van der Waals surface area contributed by atoms with Crippen molar-refractivity contribution in [2.24, 2.45) is 0 Å². The molecule has 1 aromatic heterocycles. The fourth-order valence-corrected chi connectivity index (χ4v) is 0.427. The summed E-state index contributed by atoms with van der Waals surface area (Å²) in [7, 11) is 0. The average Bonchev–Trinajstić information content (AvgIpc) is 1.64. The van der Waals surface area contributed by atoms with Gasteiger partial charge in [0.05, 0.1) is 6.20 Å². The number of anilines is 1. The van der Waals surface area contributed by atoms with Gasteiger partial charge in [0.1, 0.15) is 0 Å². The number of hydrogen-bond acceptors (Lipinski definition) is 4. The quantitative estimate of drug-likeness (QED) is 0.541. The van der Waals surface area contributed by atoms with Crippen LogP contribution in [0.2, 0.25) is 5.15 Å². The van der Waals surface area contributed by atoms with E-state index in [1.165, 1.54) is 6.20 Å². The number of aromatic nitrogens is 3. The molecule has 1 heterocycles. The van der Waals surface area contributed by atoms with Crippen LogP contribution < -0.4 is 5.73 Å². The van der Waals surface area contributed by atoms with Gasteiger partial charge in [-0.15, -0.1) is 5.10 Å². The Morgan fingerprint density at radius 3 is 2.75 bits per heavy atom. The Morgan fingerprint density at radius 2 is 2.38 bits per heavy atom. The summed E-state index contributed by atoms with van der Waals surface area (Å²) >= 11 is 5.35. The van der Waals surface area contributed by atoms with E-state index in [2.05, 4.69) is 15.2 Å². The first kappa shape index (κ1) is 5.24. The molecule has 8 heavy (non-hydrogen) atoms. The fourth-order valence-electron chi connectivity index (χ4n) is 0.296. The summed E-state index contributed by atoms with van der Waals surface area (Å²) in [5.41, 5.74) is 5.09. The van der Waals surface area contributed by atoms with Gasteiger partial charge in [0.25, 0.3) is 0 Å². The van der Waals surface area contributed by atoms with Crippen LogP contribution in [0.4, 0.5) is 5.95 Å². The third kappa shape index (κ3) is 1.04. The van der Waals surface area contributed by atoms with Crippen molar-refractivity contribution in [3.63, 3.8) is 0 Å². The summed E-state index contributed by atoms with van der Waals surface area (Å²) in [5, 5.41) is 7.05. The topological polar surface area (TPSA) is 64.7 Å². The second-order valence-electron chi connectivity index (χ2n) is 1.14. The molecule has 1 aromatic rings. The van der Waals surface area contributed by atoms with Crippen LogP contribution in [0.1, 0.15) is 0 Å². The smallest absolute Gasteiger partial charge is 0.241 e. The maximum Gasteiger partial charge on any atom is 0.241 e. The number of nitrogen functional groups attached to an aromatic ring is 1. The molecular formula is C3H3ClN4. The number of nitrogens with two attached hydrogens (primary N) is 1. The Bertz CT molecular complexity index is 171. The van der Waals surface area contributed by atoms with Gasteiger partial charge in [-0.25, -0.2) is 0 Å². The normalized spacial score (nSPS) is 9.12. The van der Waals surface area contributed by atoms with Crippen molar-refractivity contribution >= 4 is 17.5 Å². The van der Waals surface area contributed by atoms with Gasteiger partial charge in [-0.3, -0.25) is 0 Å². The number of hydrogen-bond donors (Lipinski definition) is 1. The van der Waals surface area contributed by atoms with Crippen molar-refractivity contribution in [3.8, 4) is 0 Å². The van der Waals surface area contributed by atoms with Crippen molar-refractivity contribution in [2.75, 3.05) is 5.73 Å². The Morgan fingerprint density at radius 1 is 1.62 bits per heavy atom. The van der Waals surface area contributed by atoms with Crippen LogP contribution in [0.15, 0.2) is 6.20 Å². The van der Waals surface area contributed by atoms with Gasteiger partial charge in [-0.05, 0) is 0 Å². The first-order valence-corrected chi connectivity index (χ1v) is 2.27. The van der Waals surface area contributed by atoms with Crippen LogP contribution in [0.3, 0.4) is 0 Å². The zero-order chi connectivity index (χ0) is 5.98. The highest BCUT2D eigenvalue weighted by atomic mass is 35.5. The Labute approximate surface area is 50.7 Å². The molecule has 0 radical (unpaired) electrons. The van der Waals surface area contributed by atoms with E-state index in [0.29, 0.717) is 0 Å². The van der Waals surface area contributed by atoms with E-state index in [9.17, 15) is 0 Å². The molecule has 0 bridgehead atoms. The molecule has 0 spiro atoms. The molecular weight excluding hydrogens is 128 g/mol. The predicted molar refractivity (Wildman–Crippen MR) is 29.2 cm³/mol. The molecule has 0 atom stereocenters. The molecule has 0 fully saturated rings. The first-order chi connectivity index (χ1) is 3.79. The lowest BCUT2D eigenvalue weighted by Gasteiger charge is -1.85. The zero-order valence-electron chi connectivity index (χ0n) is 3.87. The highest BCUT2D eigenvalue weighted by molar-refractivity contribution is 6.29. The predicted octanol–water partition coefficient (Wildman–Crippen LogP) is 0.107. The molecule has 0 saturated carbocycles. The molecule has 0 aromatic carbocycles. The van der Waals surface area contributed by atoms with Crippen LogP contribution >= 0.6 is 11.6 Å². The molecule has 0 aliphatic carbocycles. The van der Waals surface area contributed by atoms with E-state index in [1.54, 1.807) is 0 Å². The molecule has 0 unspecified atom stereocenters.